The van der Waals surface area contributed by atoms with Crippen LogP contribution in [0.25, 0.3) is 10.2 Å². The van der Waals surface area contributed by atoms with E-state index in [2.05, 4.69) is 57.7 Å². The van der Waals surface area contributed by atoms with Gasteiger partial charge in [0.05, 0.1) is 11.9 Å². The summed E-state index contributed by atoms with van der Waals surface area (Å²) in [7, 11) is 0. The fraction of sp³-hybridized carbons (Fsp3) is 0.286. The summed E-state index contributed by atoms with van der Waals surface area (Å²) >= 11 is 3.42. The van der Waals surface area contributed by atoms with Gasteiger partial charge in [0.1, 0.15) is 10.6 Å². The first-order chi connectivity index (χ1) is 10.2. The van der Waals surface area contributed by atoms with Crippen molar-refractivity contribution in [1.29, 1.82) is 0 Å². The molecule has 7 heteroatoms. The number of nitrogen functional groups attached to an aromatic ring is 1. The molecule has 0 aliphatic heterocycles. The molecule has 0 unspecified atom stereocenters. The van der Waals surface area contributed by atoms with Crippen molar-refractivity contribution >= 4 is 44.7 Å². The van der Waals surface area contributed by atoms with E-state index in [9.17, 15) is 0 Å². The van der Waals surface area contributed by atoms with E-state index in [1.165, 1.54) is 9.75 Å². The zero-order valence-corrected chi connectivity index (χ0v) is 13.6. The highest BCUT2D eigenvalue weighted by molar-refractivity contribution is 7.18. The van der Waals surface area contributed by atoms with E-state index in [0.29, 0.717) is 5.95 Å². The Hall–Kier alpha value is -1.70. The highest BCUT2D eigenvalue weighted by atomic mass is 32.1. The lowest BCUT2D eigenvalue weighted by atomic mass is 10.3. The van der Waals surface area contributed by atoms with Crippen molar-refractivity contribution in [1.82, 2.24) is 9.97 Å². The van der Waals surface area contributed by atoms with Crippen molar-refractivity contribution in [2.45, 2.75) is 20.4 Å². The van der Waals surface area contributed by atoms with Gasteiger partial charge in [-0.2, -0.15) is 4.98 Å². The van der Waals surface area contributed by atoms with Crippen LogP contribution in [0.3, 0.4) is 0 Å². The summed E-state index contributed by atoms with van der Waals surface area (Å²) in [6.07, 6.45) is 0. The van der Waals surface area contributed by atoms with Crippen molar-refractivity contribution in [2.75, 3.05) is 16.9 Å². The van der Waals surface area contributed by atoms with Crippen molar-refractivity contribution < 1.29 is 0 Å². The van der Waals surface area contributed by atoms with E-state index in [4.69, 9.17) is 5.84 Å². The number of anilines is 2. The van der Waals surface area contributed by atoms with E-state index < -0.39 is 0 Å². The number of hydrogen-bond donors (Lipinski definition) is 2. The minimum atomic E-state index is 0.462. The lowest BCUT2D eigenvalue weighted by Crippen LogP contribution is -2.24. The number of aryl methyl sites for hydroxylation is 1. The van der Waals surface area contributed by atoms with E-state index in [0.717, 1.165) is 29.1 Å². The Morgan fingerprint density at radius 3 is 2.90 bits per heavy atom. The van der Waals surface area contributed by atoms with Gasteiger partial charge in [-0.15, -0.1) is 22.7 Å². The van der Waals surface area contributed by atoms with Crippen LogP contribution in [0.4, 0.5) is 11.8 Å². The average molecular weight is 319 g/mol. The molecule has 0 aromatic carbocycles. The Balaban J connectivity index is 2.07. The topological polar surface area (TPSA) is 67.1 Å². The Kier molecular flexibility index (Phi) is 4.05. The molecule has 0 aliphatic rings. The van der Waals surface area contributed by atoms with Crippen LogP contribution in [0, 0.1) is 6.92 Å². The number of fused-ring (bicyclic) bond motifs is 1. The maximum atomic E-state index is 5.51. The maximum Gasteiger partial charge on any atom is 0.240 e. The largest absolute Gasteiger partial charge is 0.351 e. The number of nitrogens with one attached hydrogen (secondary N) is 1. The second-order valence-electron chi connectivity index (χ2n) is 4.68. The number of thiophene rings is 2. The molecule has 0 radical (unpaired) electrons. The lowest BCUT2D eigenvalue weighted by Gasteiger charge is -2.22. The summed E-state index contributed by atoms with van der Waals surface area (Å²) in [4.78, 5) is 14.8. The minimum Gasteiger partial charge on any atom is -0.351 e. The first-order valence-corrected chi connectivity index (χ1v) is 8.43. The lowest BCUT2D eigenvalue weighted by molar-refractivity contribution is 0.827. The first-order valence-electron chi connectivity index (χ1n) is 6.73. The van der Waals surface area contributed by atoms with Gasteiger partial charge in [-0.1, -0.05) is 6.07 Å². The molecule has 110 valence electrons. The van der Waals surface area contributed by atoms with Crippen LogP contribution in [-0.2, 0) is 6.54 Å². The van der Waals surface area contributed by atoms with Gasteiger partial charge in [-0.05, 0) is 31.4 Å². The van der Waals surface area contributed by atoms with Gasteiger partial charge in [0.2, 0.25) is 5.95 Å². The molecule has 0 bridgehead atoms. The third-order valence-electron chi connectivity index (χ3n) is 3.23. The van der Waals surface area contributed by atoms with Gasteiger partial charge in [0.25, 0.3) is 0 Å². The zero-order valence-electron chi connectivity index (χ0n) is 12.0. The summed E-state index contributed by atoms with van der Waals surface area (Å²) in [5.41, 5.74) is 2.57. The molecule has 3 aromatic rings. The molecule has 3 aromatic heterocycles. The average Bonchev–Trinajstić information content (AvgIpc) is 3.11. The summed E-state index contributed by atoms with van der Waals surface area (Å²) < 4.78 is 0. The summed E-state index contributed by atoms with van der Waals surface area (Å²) in [6.45, 7) is 5.94. The normalized spacial score (nSPS) is 11.0. The molecule has 0 fully saturated rings. The molecule has 3 heterocycles. The van der Waals surface area contributed by atoms with E-state index >= 15 is 0 Å². The van der Waals surface area contributed by atoms with Gasteiger partial charge in [0, 0.05) is 16.3 Å². The van der Waals surface area contributed by atoms with E-state index in [-0.39, 0.29) is 0 Å². The molecule has 0 atom stereocenters. The fourth-order valence-electron chi connectivity index (χ4n) is 2.26. The second-order valence-corrected chi connectivity index (χ2v) is 6.95. The van der Waals surface area contributed by atoms with Crippen molar-refractivity contribution in [3.8, 4) is 0 Å². The van der Waals surface area contributed by atoms with Crippen LogP contribution in [-0.4, -0.2) is 16.5 Å². The van der Waals surface area contributed by atoms with Gasteiger partial charge < -0.3 is 4.90 Å². The summed E-state index contributed by atoms with van der Waals surface area (Å²) in [5, 5.41) is 3.19. The van der Waals surface area contributed by atoms with Crippen LogP contribution in [0.2, 0.25) is 0 Å². The molecule has 0 spiro atoms. The maximum absolute atomic E-state index is 5.51. The summed E-state index contributed by atoms with van der Waals surface area (Å²) in [6, 6.07) is 6.37. The number of hydrazine groups is 1. The fourth-order valence-corrected chi connectivity index (χ4v) is 3.85. The van der Waals surface area contributed by atoms with Crippen LogP contribution in [0.5, 0.6) is 0 Å². The molecule has 3 rings (SSSR count). The minimum absolute atomic E-state index is 0.462. The highest BCUT2D eigenvalue weighted by Crippen LogP contribution is 2.32. The smallest absolute Gasteiger partial charge is 0.240 e. The Labute approximate surface area is 131 Å². The number of aromatic nitrogens is 2. The molecular weight excluding hydrogens is 302 g/mol. The molecule has 0 amide bonds. The van der Waals surface area contributed by atoms with E-state index in [1.807, 2.05) is 0 Å². The Morgan fingerprint density at radius 2 is 2.24 bits per heavy atom. The van der Waals surface area contributed by atoms with Gasteiger partial charge in [-0.25, -0.2) is 10.8 Å². The Bertz CT molecular complexity index is 735. The molecule has 21 heavy (non-hydrogen) atoms. The van der Waals surface area contributed by atoms with Crippen LogP contribution >= 0.6 is 22.7 Å². The van der Waals surface area contributed by atoms with E-state index in [1.54, 1.807) is 22.7 Å². The number of rotatable bonds is 5. The SMILES string of the molecule is CCN(Cc1cccs1)c1nc(NN)nc2sc(C)cc12. The Morgan fingerprint density at radius 1 is 1.38 bits per heavy atom. The molecule has 0 aliphatic carbocycles. The van der Waals surface area contributed by atoms with Crippen molar-refractivity contribution in [2.24, 2.45) is 5.84 Å². The summed E-state index contributed by atoms with van der Waals surface area (Å²) in [5.74, 6) is 6.91. The van der Waals surface area contributed by atoms with Gasteiger partial charge in [0.15, 0.2) is 0 Å². The molecule has 3 N–H and O–H groups in total. The molecule has 0 saturated heterocycles. The molecular formula is C14H17N5S2. The highest BCUT2D eigenvalue weighted by Gasteiger charge is 2.16. The predicted molar refractivity (Wildman–Crippen MR) is 91.0 cm³/mol. The standard InChI is InChI=1S/C14H17N5S2/c1-3-19(8-10-5-4-6-20-10)12-11-7-9(2)21-13(11)17-14(16-12)18-15/h4-7H,3,8,15H2,1-2H3,(H,16,17,18). The number of nitrogens with two attached hydrogens (primary N) is 1. The van der Waals surface area contributed by atoms with Gasteiger partial charge >= 0.3 is 0 Å². The van der Waals surface area contributed by atoms with Crippen LogP contribution in [0.1, 0.15) is 16.7 Å². The van der Waals surface area contributed by atoms with Gasteiger partial charge in [-0.3, -0.25) is 5.43 Å². The predicted octanol–water partition coefficient (Wildman–Crippen LogP) is 3.37. The quantitative estimate of drug-likeness (QED) is 0.557. The second kappa shape index (κ2) is 5.97. The zero-order chi connectivity index (χ0) is 14.8. The monoisotopic (exact) mass is 319 g/mol. The first kappa shape index (κ1) is 14.2. The molecule has 5 nitrogen and oxygen atoms in total. The van der Waals surface area contributed by atoms with Crippen molar-refractivity contribution in [3.63, 3.8) is 0 Å². The third kappa shape index (κ3) is 2.85. The molecule has 0 saturated carbocycles. The third-order valence-corrected chi connectivity index (χ3v) is 5.04. The number of nitrogens with zero attached hydrogens (tertiary/aromatic N) is 3. The van der Waals surface area contributed by atoms with Crippen molar-refractivity contribution in [3.05, 3.63) is 33.3 Å². The van der Waals surface area contributed by atoms with Crippen LogP contribution < -0.4 is 16.2 Å². The van der Waals surface area contributed by atoms with Crippen LogP contribution in [0.15, 0.2) is 23.6 Å². The number of hydrogen-bond acceptors (Lipinski definition) is 7.